The maximum absolute atomic E-state index is 11.2. The van der Waals surface area contributed by atoms with Crippen LogP contribution in [0.15, 0.2) is 12.7 Å². The summed E-state index contributed by atoms with van der Waals surface area (Å²) in [5, 5.41) is 41.9. The van der Waals surface area contributed by atoms with Gasteiger partial charge in [-0.3, -0.25) is 14.4 Å². The highest BCUT2D eigenvalue weighted by Gasteiger charge is 2.20. The second kappa shape index (κ2) is 131. The van der Waals surface area contributed by atoms with Crippen molar-refractivity contribution in [2.75, 3.05) is 69.0 Å². The van der Waals surface area contributed by atoms with E-state index >= 15 is 0 Å². The Morgan fingerprint density at radius 1 is 0.438 bits per heavy atom. The van der Waals surface area contributed by atoms with Crippen molar-refractivity contribution in [2.24, 2.45) is 124 Å². The van der Waals surface area contributed by atoms with Crippen LogP contribution < -0.4 is 5.73 Å². The van der Waals surface area contributed by atoms with Gasteiger partial charge in [-0.1, -0.05) is 350 Å². The molecule has 0 aliphatic heterocycles. The Bertz CT molecular complexity index is 1590. The number of hydrogen-bond donors (Lipinski definition) is 6. The largest absolute Gasteiger partial charge is 0.481 e. The number of aliphatic carboxylic acids is 1. The average Bonchev–Trinajstić information content (AvgIpc) is 0.856. The molecule has 15 nitrogen and oxygen atoms in total. The summed E-state index contributed by atoms with van der Waals surface area (Å²) in [6.45, 7) is 120. The van der Waals surface area contributed by atoms with Crippen LogP contribution in [0.5, 0.6) is 0 Å². The van der Waals surface area contributed by atoms with Gasteiger partial charge in [0.15, 0.2) is 0 Å². The Kier molecular flexibility index (Phi) is 186. The number of carbonyl (C=O) groups excluding carboxylic acids is 2. The summed E-state index contributed by atoms with van der Waals surface area (Å²) < 4.78 is 51.3. The van der Waals surface area contributed by atoms with Gasteiger partial charge in [-0.2, -0.15) is 0 Å². The lowest BCUT2D eigenvalue weighted by Gasteiger charge is -2.26. The van der Waals surface area contributed by atoms with Crippen LogP contribution in [-0.2, 0) is 42.8 Å². The van der Waals surface area contributed by atoms with E-state index in [1.807, 2.05) is 89.2 Å². The molecule has 0 fully saturated rings. The molecule has 760 valence electrons. The minimum absolute atomic E-state index is 0.00463. The fraction of sp³-hybridized carbons (Fsp3) is 0.952. The molecule has 0 saturated carbocycles. The summed E-state index contributed by atoms with van der Waals surface area (Å²) >= 11 is 0. The molecule has 0 aliphatic carbocycles. The Morgan fingerprint density at radius 3 is 0.686 bits per heavy atom. The van der Waals surface area contributed by atoms with Crippen molar-refractivity contribution < 1.29 is 77.1 Å². The van der Waals surface area contributed by atoms with Gasteiger partial charge in [-0.25, -0.2) is 8.78 Å². The monoisotopic (exact) mass is 1770 g/mol. The van der Waals surface area contributed by atoms with Gasteiger partial charge in [0.2, 0.25) is 6.43 Å². The number of halogens is 2. The third-order valence-electron chi connectivity index (χ3n) is 15.1. The van der Waals surface area contributed by atoms with Crippen LogP contribution in [0.2, 0.25) is 0 Å². The van der Waals surface area contributed by atoms with Crippen molar-refractivity contribution >= 4 is 17.7 Å². The number of aliphatic hydroxyl groups is 4. The molecule has 0 aromatic rings. The first-order valence-electron chi connectivity index (χ1n) is 46.9. The fourth-order valence-electron chi connectivity index (χ4n) is 2.59. The van der Waals surface area contributed by atoms with Gasteiger partial charge in [-0.15, -0.1) is 6.58 Å². The van der Waals surface area contributed by atoms with Crippen LogP contribution in [0.1, 0.15) is 426 Å². The molecule has 121 heavy (non-hydrogen) atoms. The zero-order chi connectivity index (χ0) is 103. The molecule has 0 aromatic carbocycles. The molecule has 17 heteroatoms. The molecule has 0 saturated heterocycles. The SMILES string of the molecule is C=CC(C)C.CC(=O)C(C)C.CC(C)C.CC(C)C.CC(C)C(=O)O.CC(C)C(C)(C)O.CC(C)C(C)C.CC(C)C(C)O.CC(C)C(F)F.CC(C)CN.CC(C)CO.CC(C)O.CCC(C)C.CCCC(C)C.CCCC(C)C.COC(=O)C(C)C.COC(C)(C)C(C)C.COC(C)C.COC(C)C(C)C.COCC(C)C.COCCC(C)C. The number of aliphatic hydroxyl groups excluding tert-OH is 3. The summed E-state index contributed by atoms with van der Waals surface area (Å²) in [7, 11) is 10.0. The maximum atomic E-state index is 11.2. The standard InChI is InChI=1S/C7H16O.3C6H14O.3C6H14.C5H10O2.2C5H12O.C5H10O.C5H12.C5H10.C4H8F2.C4H11N.C4H8O2.2C4H10O.2C4H10.C3H8O/c1-6(2)7(3,4)8-5;1-6(2)4-5-7-3;1-5(2)6(3)7-4;1-5(2)6(3,4)7;1-5(2)6(3)4;2*1-4-5-6(2)3;1-4(2)5(6)7-3;1-5(2)4-6-3;2*1-4(2)5(3)6;2*1-4-5(2)3;1-3(2)4(5)6;1-4(2)3-5;1-3(2)4(5)6;1-4(2)5-3;1-4(2)3-5;2*1-4(2)3;1-3(2)4/h6H,1-5H3;6H,4-5H2,1-3H3;5-6H,1-4H3;5,7H,1-4H3;5-6H,1-4H3;2*6H,4-5H2,1-3H3;4H,1-3H3;5H,4H2,1-3H3;4-6H,1-3H3;4H,1-3H3;5H,4H2,1-3H3;4-5H,1H2,2-3H3;3-4H,1-2H3;4H,3,5H2,1-2H3;3H,1-2H3,(H,5,6);4H,1-3H3;4-5H,3H2,1-2H3;2*4H,1-3H3;3-4H,1-2H3. The number of carboxylic acids is 1. The first-order valence-corrected chi connectivity index (χ1v) is 46.9. The number of methoxy groups -OCH3 is 6. The van der Waals surface area contributed by atoms with Crippen molar-refractivity contribution in [3.05, 3.63) is 12.7 Å². The number of hydrogen-bond acceptors (Lipinski definition) is 14. The van der Waals surface area contributed by atoms with Crippen molar-refractivity contribution in [1.82, 2.24) is 0 Å². The molecule has 2 atom stereocenters. The summed E-state index contributed by atoms with van der Waals surface area (Å²) in [5.74, 6) is 10.1. The molecule has 2 unspecified atom stereocenters. The summed E-state index contributed by atoms with van der Waals surface area (Å²) in [6, 6.07) is 0. The first-order chi connectivity index (χ1) is 54.1. The second-order valence-electron chi connectivity index (χ2n) is 39.7. The summed E-state index contributed by atoms with van der Waals surface area (Å²) in [4.78, 5) is 30.1. The smallest absolute Gasteiger partial charge is 0.308 e. The lowest BCUT2D eigenvalue weighted by atomic mass is 9.95. The van der Waals surface area contributed by atoms with Crippen LogP contribution in [0.3, 0.4) is 0 Å². The van der Waals surface area contributed by atoms with Gasteiger partial charge in [0, 0.05) is 73.3 Å². The Morgan fingerprint density at radius 2 is 0.678 bits per heavy atom. The van der Waals surface area contributed by atoms with Gasteiger partial charge in [0.25, 0.3) is 0 Å². The Balaban J connectivity index is -0.0000000458. The number of ether oxygens (including phenoxy) is 6. The number of carboxylic acid groups (broad SMARTS) is 1. The Hall–Kier alpha value is -2.19. The number of allylic oxidation sites excluding steroid dienone is 1. The highest BCUT2D eigenvalue weighted by atomic mass is 19.3. The van der Waals surface area contributed by atoms with E-state index in [1.165, 1.54) is 59.5 Å². The van der Waals surface area contributed by atoms with Crippen LogP contribution in [-0.4, -0.2) is 154 Å². The lowest BCUT2D eigenvalue weighted by Crippen LogP contribution is -2.29. The van der Waals surface area contributed by atoms with E-state index in [2.05, 4.69) is 247 Å². The highest BCUT2D eigenvalue weighted by Crippen LogP contribution is 2.18. The van der Waals surface area contributed by atoms with E-state index < -0.39 is 23.9 Å². The minimum Gasteiger partial charge on any atom is -0.481 e. The van der Waals surface area contributed by atoms with Gasteiger partial charge < -0.3 is 59.7 Å². The summed E-state index contributed by atoms with van der Waals surface area (Å²) in [5.41, 5.74) is 4.71. The van der Waals surface area contributed by atoms with Crippen LogP contribution in [0.4, 0.5) is 8.78 Å². The zero-order valence-electron chi connectivity index (χ0n) is 94.5. The molecule has 0 aliphatic rings. The minimum atomic E-state index is -2.15. The van der Waals surface area contributed by atoms with Gasteiger partial charge in [0.05, 0.1) is 48.5 Å². The number of ketones is 1. The van der Waals surface area contributed by atoms with E-state index in [4.69, 9.17) is 55.0 Å². The predicted octanol–water partition coefficient (Wildman–Crippen LogP) is 30.9. The third kappa shape index (κ3) is 344. The topological polar surface area (TPSA) is 234 Å². The van der Waals surface area contributed by atoms with E-state index in [0.717, 1.165) is 67.1 Å². The van der Waals surface area contributed by atoms with Crippen molar-refractivity contribution in [3.8, 4) is 0 Å². The van der Waals surface area contributed by atoms with E-state index in [9.17, 15) is 23.2 Å². The predicted molar refractivity (Wildman–Crippen MR) is 544 cm³/mol. The molecule has 0 radical (unpaired) electrons. The third-order valence-corrected chi connectivity index (χ3v) is 15.1. The molecule has 0 amide bonds. The van der Waals surface area contributed by atoms with Crippen molar-refractivity contribution in [3.63, 3.8) is 0 Å². The van der Waals surface area contributed by atoms with Crippen LogP contribution >= 0.6 is 0 Å². The molecule has 0 spiro atoms. The Labute approximate surface area is 765 Å². The molecule has 0 heterocycles. The molecular formula is C104H241F2NO14. The first kappa shape index (κ1) is 172. The van der Waals surface area contributed by atoms with E-state index in [-0.39, 0.29) is 47.3 Å². The molecule has 0 rings (SSSR count). The molecular weight excluding hydrogens is 1530 g/mol. The quantitative estimate of drug-likeness (QED) is 0.0368. The van der Waals surface area contributed by atoms with E-state index in [1.54, 1.807) is 90.9 Å². The van der Waals surface area contributed by atoms with Gasteiger partial charge in [0.1, 0.15) is 5.78 Å². The average molecular weight is 1770 g/mol. The van der Waals surface area contributed by atoms with Gasteiger partial charge in [-0.05, 0) is 184 Å². The second-order valence-corrected chi connectivity index (χ2v) is 39.7. The van der Waals surface area contributed by atoms with Crippen molar-refractivity contribution in [2.45, 2.75) is 468 Å². The number of nitrogens with two attached hydrogens (primary N) is 1. The van der Waals surface area contributed by atoms with E-state index in [0.29, 0.717) is 66.2 Å². The molecule has 7 N–H and O–H groups in total. The number of alkyl halides is 2. The summed E-state index contributed by atoms with van der Waals surface area (Å²) in [6.07, 6.45) is 8.14. The van der Waals surface area contributed by atoms with Crippen LogP contribution in [0.25, 0.3) is 0 Å². The molecule has 0 bridgehead atoms. The van der Waals surface area contributed by atoms with Crippen molar-refractivity contribution in [1.29, 1.82) is 0 Å². The van der Waals surface area contributed by atoms with Crippen LogP contribution in [0, 0.1) is 118 Å². The zero-order valence-corrected chi connectivity index (χ0v) is 94.5. The number of rotatable bonds is 25. The number of Topliss-reactive ketones (excluding diaryl/α,β-unsaturated/α-hetero) is 1. The normalized spacial score (nSPS) is 10.7. The molecule has 0 aromatic heterocycles. The fourth-order valence-corrected chi connectivity index (χ4v) is 2.59. The lowest BCUT2D eigenvalue weighted by molar-refractivity contribution is -0.144. The maximum Gasteiger partial charge on any atom is 0.308 e. The number of carbonyl (C=O) groups is 3. The van der Waals surface area contributed by atoms with Gasteiger partial charge >= 0.3 is 11.9 Å². The number of esters is 1. The highest BCUT2D eigenvalue weighted by molar-refractivity contribution is 5.77.